The lowest BCUT2D eigenvalue weighted by Gasteiger charge is -2.19. The number of hydrogen-bond acceptors (Lipinski definition) is 6. The monoisotopic (exact) mass is 560 g/mol. The van der Waals surface area contributed by atoms with E-state index in [1.54, 1.807) is 12.1 Å². The van der Waals surface area contributed by atoms with Gasteiger partial charge in [0.15, 0.2) is 0 Å². The molecule has 0 aliphatic heterocycles. The summed E-state index contributed by atoms with van der Waals surface area (Å²) in [6.45, 7) is -0.0525. The topological polar surface area (TPSA) is 114 Å². The number of halogens is 1. The van der Waals surface area contributed by atoms with E-state index in [4.69, 9.17) is 9.99 Å². The van der Waals surface area contributed by atoms with Gasteiger partial charge in [-0.05, 0) is 52.9 Å². The van der Waals surface area contributed by atoms with E-state index in [2.05, 4.69) is 43.0 Å². The van der Waals surface area contributed by atoms with E-state index in [0.29, 0.717) is 0 Å². The van der Waals surface area contributed by atoms with Crippen molar-refractivity contribution in [2.75, 3.05) is 19.8 Å². The molecule has 0 aromatic heterocycles. The van der Waals surface area contributed by atoms with Crippen molar-refractivity contribution in [2.24, 2.45) is 0 Å². The third-order valence-corrected chi connectivity index (χ3v) is 7.86. The first-order valence-corrected chi connectivity index (χ1v) is 13.3. The van der Waals surface area contributed by atoms with Crippen LogP contribution in [-0.4, -0.2) is 45.6 Å². The SMILES string of the molecule is O=C(N[C@@H](CCNS(=O)(=O)c1ccc(Br)cc1)COO)OCC1c2ccccc2-c2ccccc21. The highest BCUT2D eigenvalue weighted by molar-refractivity contribution is 9.10. The predicted molar refractivity (Wildman–Crippen MR) is 135 cm³/mol. The molecule has 3 N–H and O–H groups in total. The lowest BCUT2D eigenvalue weighted by molar-refractivity contribution is -0.246. The summed E-state index contributed by atoms with van der Waals surface area (Å²) in [5.41, 5.74) is 4.45. The number of hydrogen-bond donors (Lipinski definition) is 3. The van der Waals surface area contributed by atoms with Gasteiger partial charge in [0.1, 0.15) is 13.2 Å². The molecule has 3 aromatic rings. The molecule has 0 bridgehead atoms. The summed E-state index contributed by atoms with van der Waals surface area (Å²) >= 11 is 3.27. The van der Waals surface area contributed by atoms with Crippen LogP contribution in [0.4, 0.5) is 4.79 Å². The fourth-order valence-corrected chi connectivity index (χ4v) is 5.47. The van der Waals surface area contributed by atoms with E-state index in [1.807, 2.05) is 36.4 Å². The van der Waals surface area contributed by atoms with Crippen LogP contribution in [-0.2, 0) is 19.6 Å². The molecule has 10 heteroatoms. The van der Waals surface area contributed by atoms with Gasteiger partial charge in [-0.3, -0.25) is 5.26 Å². The minimum Gasteiger partial charge on any atom is -0.449 e. The van der Waals surface area contributed by atoms with E-state index in [1.165, 1.54) is 12.1 Å². The molecule has 184 valence electrons. The first-order valence-electron chi connectivity index (χ1n) is 11.0. The molecule has 0 fully saturated rings. The molecule has 3 aromatic carbocycles. The largest absolute Gasteiger partial charge is 0.449 e. The molecule has 0 spiro atoms. The van der Waals surface area contributed by atoms with Crippen molar-refractivity contribution in [1.29, 1.82) is 0 Å². The molecular weight excluding hydrogens is 536 g/mol. The minimum atomic E-state index is -3.71. The molecule has 0 saturated heterocycles. The van der Waals surface area contributed by atoms with Crippen LogP contribution in [0.25, 0.3) is 11.1 Å². The van der Waals surface area contributed by atoms with Crippen LogP contribution in [0.5, 0.6) is 0 Å². The standard InChI is InChI=1S/C25H25BrN2O6S/c26-17-9-11-19(12-10-17)35(31,32)27-14-13-18(15-34-30)28-25(29)33-16-24-22-7-3-1-5-20(22)21-6-2-4-8-23(21)24/h1-12,18,24,27,30H,13-16H2,(H,28,29)/t18-/m0/s1. The molecule has 1 amide bonds. The van der Waals surface area contributed by atoms with Gasteiger partial charge in [-0.1, -0.05) is 64.5 Å². The predicted octanol–water partition coefficient (Wildman–Crippen LogP) is 4.51. The highest BCUT2D eigenvalue weighted by Gasteiger charge is 2.29. The van der Waals surface area contributed by atoms with Gasteiger partial charge < -0.3 is 10.1 Å². The lowest BCUT2D eigenvalue weighted by Crippen LogP contribution is -2.41. The van der Waals surface area contributed by atoms with Gasteiger partial charge in [-0.25, -0.2) is 22.8 Å². The molecular formula is C25H25BrN2O6S. The van der Waals surface area contributed by atoms with Crippen molar-refractivity contribution >= 4 is 32.0 Å². The van der Waals surface area contributed by atoms with Crippen LogP contribution in [0.1, 0.15) is 23.5 Å². The molecule has 0 unspecified atom stereocenters. The highest BCUT2D eigenvalue weighted by Crippen LogP contribution is 2.44. The van der Waals surface area contributed by atoms with Crippen molar-refractivity contribution in [3.05, 3.63) is 88.4 Å². The summed E-state index contributed by atoms with van der Waals surface area (Å²) in [4.78, 5) is 16.8. The maximum absolute atomic E-state index is 12.5. The van der Waals surface area contributed by atoms with Crippen LogP contribution in [0.3, 0.4) is 0 Å². The highest BCUT2D eigenvalue weighted by atomic mass is 79.9. The summed E-state index contributed by atoms with van der Waals surface area (Å²) < 4.78 is 33.6. The van der Waals surface area contributed by atoms with E-state index >= 15 is 0 Å². The quantitative estimate of drug-likeness (QED) is 0.248. The molecule has 1 aliphatic carbocycles. The van der Waals surface area contributed by atoms with Gasteiger partial charge in [0, 0.05) is 16.9 Å². The van der Waals surface area contributed by atoms with Crippen LogP contribution < -0.4 is 10.0 Å². The van der Waals surface area contributed by atoms with Crippen LogP contribution in [0.2, 0.25) is 0 Å². The Hall–Kier alpha value is -2.76. The zero-order valence-electron chi connectivity index (χ0n) is 18.7. The van der Waals surface area contributed by atoms with Crippen LogP contribution in [0, 0.1) is 0 Å². The normalized spacial score (nSPS) is 13.7. The summed E-state index contributed by atoms with van der Waals surface area (Å²) in [6, 6.07) is 21.6. The second-order valence-corrected chi connectivity index (χ2v) is 10.8. The van der Waals surface area contributed by atoms with Gasteiger partial charge in [-0.2, -0.15) is 0 Å². The average Bonchev–Trinajstić information content (AvgIpc) is 3.17. The second-order valence-electron chi connectivity index (χ2n) is 8.10. The molecule has 8 nitrogen and oxygen atoms in total. The summed E-state index contributed by atoms with van der Waals surface area (Å²) in [5.74, 6) is -0.0848. The van der Waals surface area contributed by atoms with Crippen LogP contribution in [0.15, 0.2) is 82.2 Å². The van der Waals surface area contributed by atoms with Gasteiger partial charge >= 0.3 is 6.09 Å². The van der Waals surface area contributed by atoms with Crippen LogP contribution >= 0.6 is 15.9 Å². The molecule has 0 saturated carbocycles. The first kappa shape index (κ1) is 25.3. The van der Waals surface area contributed by atoms with Crippen molar-refractivity contribution < 1.29 is 28.1 Å². The Kier molecular flexibility index (Phi) is 8.19. The second kappa shape index (κ2) is 11.3. The number of ether oxygens (including phenoxy) is 1. The Labute approximate surface area is 212 Å². The van der Waals surface area contributed by atoms with Crippen molar-refractivity contribution in [1.82, 2.24) is 10.0 Å². The Morgan fingerprint density at radius 3 is 2.17 bits per heavy atom. The minimum absolute atomic E-state index is 0.0239. The van der Waals surface area contributed by atoms with Gasteiger partial charge in [0.2, 0.25) is 10.0 Å². The van der Waals surface area contributed by atoms with E-state index < -0.39 is 22.2 Å². The number of fused-ring (bicyclic) bond motifs is 3. The van der Waals surface area contributed by atoms with E-state index in [9.17, 15) is 13.2 Å². The number of alkyl carbamates (subject to hydrolysis) is 1. The number of carbonyl (C=O) groups is 1. The third-order valence-electron chi connectivity index (χ3n) is 5.85. The van der Waals surface area contributed by atoms with Gasteiger partial charge in [0.25, 0.3) is 0 Å². The zero-order chi connectivity index (χ0) is 24.8. The smallest absolute Gasteiger partial charge is 0.407 e. The maximum Gasteiger partial charge on any atom is 0.407 e. The summed E-state index contributed by atoms with van der Waals surface area (Å²) in [6.07, 6.45) is -0.495. The number of sulfonamides is 1. The molecule has 1 aliphatic rings. The van der Waals surface area contributed by atoms with Gasteiger partial charge in [-0.15, -0.1) is 0 Å². The molecule has 0 heterocycles. The zero-order valence-corrected chi connectivity index (χ0v) is 21.1. The first-order chi connectivity index (χ1) is 16.9. The van der Waals surface area contributed by atoms with E-state index in [0.717, 1.165) is 26.7 Å². The lowest BCUT2D eigenvalue weighted by atomic mass is 9.98. The molecule has 35 heavy (non-hydrogen) atoms. The molecule has 1 atom stereocenters. The van der Waals surface area contributed by atoms with Gasteiger partial charge in [0.05, 0.1) is 10.9 Å². The fraction of sp³-hybridized carbons (Fsp3) is 0.240. The molecule has 4 rings (SSSR count). The Bertz CT molecular complexity index is 1240. The van der Waals surface area contributed by atoms with E-state index in [-0.39, 0.29) is 37.0 Å². The third kappa shape index (κ3) is 6.09. The average molecular weight is 561 g/mol. The van der Waals surface area contributed by atoms with Crippen molar-refractivity contribution in [3.63, 3.8) is 0 Å². The van der Waals surface area contributed by atoms with Crippen molar-refractivity contribution in [3.8, 4) is 11.1 Å². The number of rotatable bonds is 10. The number of carbonyl (C=O) groups excluding carboxylic acids is 1. The molecule has 0 radical (unpaired) electrons. The number of nitrogens with one attached hydrogen (secondary N) is 2. The van der Waals surface area contributed by atoms with Crippen molar-refractivity contribution in [2.45, 2.75) is 23.3 Å². The summed E-state index contributed by atoms with van der Waals surface area (Å²) in [5, 5.41) is 11.5. The number of benzene rings is 3. The Morgan fingerprint density at radius 2 is 1.57 bits per heavy atom. The fourth-order valence-electron chi connectivity index (χ4n) is 4.16. The maximum atomic E-state index is 12.5. The number of amides is 1. The Morgan fingerprint density at radius 1 is 0.971 bits per heavy atom. The summed E-state index contributed by atoms with van der Waals surface area (Å²) in [7, 11) is -3.71. The Balaban J connectivity index is 1.32.